The minimum Gasteiger partial charge on any atom is -0.462 e. The minimum absolute atomic E-state index is 0.0733. The van der Waals surface area contributed by atoms with Gasteiger partial charge in [-0.1, -0.05) is 12.1 Å². The molecule has 0 aromatic heterocycles. The van der Waals surface area contributed by atoms with Crippen LogP contribution in [0.25, 0.3) is 0 Å². The Kier molecular flexibility index (Phi) is 9.93. The van der Waals surface area contributed by atoms with E-state index in [9.17, 15) is 24.0 Å². The Labute approximate surface area is 208 Å². The molecule has 1 aromatic carbocycles. The average Bonchev–Trinajstić information content (AvgIpc) is 3.24. The molecule has 0 bridgehead atoms. The second-order valence-corrected chi connectivity index (χ2v) is 8.03. The normalized spacial score (nSPS) is 19.3. The predicted molar refractivity (Wildman–Crippen MR) is 119 cm³/mol. The Morgan fingerprint density at radius 1 is 0.944 bits per heavy atom. The Balaban J connectivity index is 2.48. The molecule has 0 N–H and O–H groups in total. The zero-order valence-electron chi connectivity index (χ0n) is 20.6. The lowest BCUT2D eigenvalue weighted by atomic mass is 10.0. The van der Waals surface area contributed by atoms with Crippen LogP contribution in [0.4, 0.5) is 0 Å². The lowest BCUT2D eigenvalue weighted by Gasteiger charge is -2.34. The van der Waals surface area contributed by atoms with E-state index in [2.05, 4.69) is 0 Å². The summed E-state index contributed by atoms with van der Waals surface area (Å²) in [5.41, 5.74) is 0.957. The summed E-state index contributed by atoms with van der Waals surface area (Å²) >= 11 is 0. The lowest BCUT2D eigenvalue weighted by molar-refractivity contribution is -0.200. The molecule has 1 saturated heterocycles. The van der Waals surface area contributed by atoms with Crippen molar-refractivity contribution >= 4 is 29.8 Å². The van der Waals surface area contributed by atoms with Crippen molar-refractivity contribution in [1.29, 1.82) is 5.26 Å². The van der Waals surface area contributed by atoms with Gasteiger partial charge in [-0.2, -0.15) is 5.26 Å². The van der Waals surface area contributed by atoms with Gasteiger partial charge in [-0.25, -0.2) is 0 Å². The van der Waals surface area contributed by atoms with Gasteiger partial charge in [-0.05, 0) is 12.1 Å². The number of hydrogen-bond acceptors (Lipinski definition) is 11. The molecule has 194 valence electrons. The lowest BCUT2D eigenvalue weighted by Crippen LogP contribution is -2.53. The maximum absolute atomic E-state index is 12.4. The third-order valence-electron chi connectivity index (χ3n) is 5.12. The fraction of sp³-hybridized carbons (Fsp3) is 0.500. The third-order valence-corrected chi connectivity index (χ3v) is 5.12. The van der Waals surface area contributed by atoms with E-state index in [0.29, 0.717) is 11.1 Å². The van der Waals surface area contributed by atoms with E-state index in [0.717, 1.165) is 27.7 Å². The van der Waals surface area contributed by atoms with Crippen LogP contribution < -0.4 is 0 Å². The highest BCUT2D eigenvalue weighted by Gasteiger charge is 2.48. The minimum atomic E-state index is -1.44. The second kappa shape index (κ2) is 12.6. The molecular weight excluding hydrogens is 476 g/mol. The topological polar surface area (TPSA) is 159 Å². The monoisotopic (exact) mass is 504 g/mol. The van der Waals surface area contributed by atoms with Crippen molar-refractivity contribution < 1.29 is 47.7 Å². The molecule has 5 atom stereocenters. The van der Waals surface area contributed by atoms with Gasteiger partial charge in [0, 0.05) is 40.2 Å². The van der Waals surface area contributed by atoms with Crippen molar-refractivity contribution in [2.45, 2.75) is 65.3 Å². The van der Waals surface area contributed by atoms with Crippen molar-refractivity contribution in [3.05, 3.63) is 35.4 Å². The molecule has 0 spiro atoms. The van der Waals surface area contributed by atoms with Gasteiger partial charge in [-0.3, -0.25) is 24.0 Å². The van der Waals surface area contributed by atoms with E-state index in [1.165, 1.54) is 11.8 Å². The second-order valence-electron chi connectivity index (χ2n) is 8.03. The molecule has 0 saturated carbocycles. The molecule has 2 rings (SSSR count). The molecule has 0 radical (unpaired) electrons. The quantitative estimate of drug-likeness (QED) is 0.351. The van der Waals surface area contributed by atoms with Crippen molar-refractivity contribution in [2.75, 3.05) is 13.2 Å². The molecule has 1 aliphatic heterocycles. The predicted octanol–water partition coefficient (Wildman–Crippen LogP) is 1.16. The number of hydrogen-bond donors (Lipinski definition) is 0. The van der Waals surface area contributed by atoms with Gasteiger partial charge in [0.15, 0.2) is 24.5 Å². The zero-order valence-corrected chi connectivity index (χ0v) is 20.6. The molecule has 12 heteroatoms. The summed E-state index contributed by atoms with van der Waals surface area (Å²) in [4.78, 5) is 61.0. The summed E-state index contributed by atoms with van der Waals surface area (Å²) in [6.45, 7) is 5.24. The van der Waals surface area contributed by atoms with E-state index < -0.39 is 61.1 Å². The summed E-state index contributed by atoms with van der Waals surface area (Å²) in [7, 11) is 0. The van der Waals surface area contributed by atoms with Crippen LogP contribution in [0.15, 0.2) is 24.3 Å². The Hall–Kier alpha value is -3.98. The van der Waals surface area contributed by atoms with Gasteiger partial charge in [-0.15, -0.1) is 0 Å². The molecular formula is C24H28N2O10. The summed E-state index contributed by atoms with van der Waals surface area (Å²) in [6.07, 6.45) is -6.07. The SMILES string of the molecule is CC(=O)OC[C@@H](OC(C)=O)[C@@H](OC(C)=O)[C@H](OC(C)=O)[C@@H]1CN(C(C)=O)[C@H](c2ccc(C#N)cc2)O1. The molecule has 1 heterocycles. The Morgan fingerprint density at radius 3 is 2.00 bits per heavy atom. The molecule has 12 nitrogen and oxygen atoms in total. The first-order valence-electron chi connectivity index (χ1n) is 11.0. The maximum Gasteiger partial charge on any atom is 0.303 e. The first-order valence-corrected chi connectivity index (χ1v) is 11.0. The highest BCUT2D eigenvalue weighted by molar-refractivity contribution is 5.74. The van der Waals surface area contributed by atoms with Crippen molar-refractivity contribution in [2.24, 2.45) is 0 Å². The highest BCUT2D eigenvalue weighted by Crippen LogP contribution is 2.34. The number of nitrogens with zero attached hydrogens (tertiary/aromatic N) is 2. The van der Waals surface area contributed by atoms with E-state index in [1.54, 1.807) is 24.3 Å². The van der Waals surface area contributed by atoms with Crippen LogP contribution in [0.1, 0.15) is 52.0 Å². The summed E-state index contributed by atoms with van der Waals surface area (Å²) < 4.78 is 27.2. The number of esters is 4. The molecule has 1 aliphatic rings. The first-order chi connectivity index (χ1) is 16.9. The van der Waals surface area contributed by atoms with Crippen LogP contribution in [0, 0.1) is 11.3 Å². The molecule has 1 fully saturated rings. The zero-order chi connectivity index (χ0) is 27.0. The van der Waals surface area contributed by atoms with Gasteiger partial charge in [0.1, 0.15) is 12.7 Å². The van der Waals surface area contributed by atoms with Crippen LogP contribution in [-0.4, -0.2) is 72.3 Å². The fourth-order valence-electron chi connectivity index (χ4n) is 3.73. The number of nitriles is 1. The molecule has 1 amide bonds. The van der Waals surface area contributed by atoms with Crippen molar-refractivity contribution in [3.63, 3.8) is 0 Å². The summed E-state index contributed by atoms with van der Waals surface area (Å²) in [5.74, 6) is -3.35. The van der Waals surface area contributed by atoms with Crippen molar-refractivity contribution in [3.8, 4) is 6.07 Å². The summed E-state index contributed by atoms with van der Waals surface area (Å²) in [6, 6.07) is 8.36. The largest absolute Gasteiger partial charge is 0.462 e. The van der Waals surface area contributed by atoms with Gasteiger partial charge in [0.2, 0.25) is 5.91 Å². The van der Waals surface area contributed by atoms with Crippen LogP contribution in [0.5, 0.6) is 0 Å². The van der Waals surface area contributed by atoms with E-state index >= 15 is 0 Å². The van der Waals surface area contributed by atoms with E-state index in [1.807, 2.05) is 6.07 Å². The van der Waals surface area contributed by atoms with E-state index in [4.69, 9.17) is 28.9 Å². The van der Waals surface area contributed by atoms with Crippen molar-refractivity contribution in [1.82, 2.24) is 4.90 Å². The van der Waals surface area contributed by atoms with Crippen LogP contribution >= 0.6 is 0 Å². The van der Waals surface area contributed by atoms with Gasteiger partial charge < -0.3 is 28.6 Å². The number of amides is 1. The fourth-order valence-corrected chi connectivity index (χ4v) is 3.73. The molecule has 36 heavy (non-hydrogen) atoms. The standard InChI is InChI=1S/C24H28N2O10/c1-13(27)26-11-20(36-24(26)19-8-6-18(10-25)7-9-19)22(34-16(4)30)23(35-17(5)31)21(33-15(3)29)12-32-14(2)28/h6-9,20-24H,11-12H2,1-5H3/t20-,21+,22+,23+,24-/m0/s1. The Morgan fingerprint density at radius 2 is 1.53 bits per heavy atom. The third kappa shape index (κ3) is 7.78. The smallest absolute Gasteiger partial charge is 0.303 e. The molecule has 1 aromatic rings. The van der Waals surface area contributed by atoms with Crippen LogP contribution in [0.3, 0.4) is 0 Å². The highest BCUT2D eigenvalue weighted by atomic mass is 16.6. The maximum atomic E-state index is 12.4. The molecule has 0 aliphatic carbocycles. The van der Waals surface area contributed by atoms with Gasteiger partial charge >= 0.3 is 23.9 Å². The van der Waals surface area contributed by atoms with Gasteiger partial charge in [0.05, 0.1) is 18.2 Å². The summed E-state index contributed by atoms with van der Waals surface area (Å²) in [5, 5.41) is 9.06. The van der Waals surface area contributed by atoms with E-state index in [-0.39, 0.29) is 12.5 Å². The first kappa shape index (κ1) is 28.3. The Bertz CT molecular complexity index is 1030. The van der Waals surface area contributed by atoms with Crippen LogP contribution in [-0.2, 0) is 47.7 Å². The number of rotatable bonds is 9. The average molecular weight is 504 g/mol. The molecule has 0 unspecified atom stereocenters. The number of carbonyl (C=O) groups is 5. The van der Waals surface area contributed by atoms with Gasteiger partial charge in [0.25, 0.3) is 0 Å². The number of benzene rings is 1. The van der Waals surface area contributed by atoms with Crippen LogP contribution in [0.2, 0.25) is 0 Å². The number of carbonyl (C=O) groups excluding carboxylic acids is 5. The number of ether oxygens (including phenoxy) is 5.